The average molecular weight is 288 g/mol. The van der Waals surface area contributed by atoms with Crippen molar-refractivity contribution in [2.45, 2.75) is 57.4 Å². The van der Waals surface area contributed by atoms with E-state index in [1.807, 2.05) is 0 Å². The second-order valence-corrected chi connectivity index (χ2v) is 6.01. The van der Waals surface area contributed by atoms with Crippen molar-refractivity contribution in [3.8, 4) is 0 Å². The third kappa shape index (κ3) is 2.99. The Morgan fingerprint density at radius 1 is 1.19 bits per heavy atom. The fraction of sp³-hybridized carbons (Fsp3) is 0.923. The zero-order valence-electron chi connectivity index (χ0n) is 9.96. The van der Waals surface area contributed by atoms with E-state index < -0.39 is 0 Å². The number of carbonyl (C=O) groups is 1. The maximum Gasteiger partial charge on any atom is 0.223 e. The van der Waals surface area contributed by atoms with Crippen molar-refractivity contribution in [2.75, 3.05) is 11.9 Å². The van der Waals surface area contributed by atoms with Gasteiger partial charge in [0.15, 0.2) is 0 Å². The molecule has 2 fully saturated rings. The van der Waals surface area contributed by atoms with Crippen LogP contribution in [0.25, 0.3) is 0 Å². The molecule has 16 heavy (non-hydrogen) atoms. The minimum absolute atomic E-state index is 0.426. The standard InChI is InChI=1S/C13H22BrNO/c14-8-7-12-6-1-2-9-15(12)13(16)10-11-4-3-5-11/h11-12H,1-10H2. The molecule has 1 atom stereocenters. The quantitative estimate of drug-likeness (QED) is 0.727. The second-order valence-electron chi connectivity index (χ2n) is 5.22. The first kappa shape index (κ1) is 12.4. The van der Waals surface area contributed by atoms with Gasteiger partial charge in [-0.2, -0.15) is 0 Å². The van der Waals surface area contributed by atoms with Gasteiger partial charge >= 0.3 is 0 Å². The highest BCUT2D eigenvalue weighted by molar-refractivity contribution is 9.09. The van der Waals surface area contributed by atoms with Crippen molar-refractivity contribution in [2.24, 2.45) is 5.92 Å². The van der Waals surface area contributed by atoms with E-state index in [-0.39, 0.29) is 0 Å². The first-order valence-electron chi connectivity index (χ1n) is 6.66. The van der Waals surface area contributed by atoms with Crippen LogP contribution in [0, 0.1) is 5.92 Å². The molecule has 1 saturated carbocycles. The summed E-state index contributed by atoms with van der Waals surface area (Å²) in [5.74, 6) is 1.13. The highest BCUT2D eigenvalue weighted by Crippen LogP contribution is 2.31. The number of hydrogen-bond donors (Lipinski definition) is 0. The highest BCUT2D eigenvalue weighted by atomic mass is 79.9. The molecule has 1 aliphatic heterocycles. The van der Waals surface area contributed by atoms with Crippen LogP contribution < -0.4 is 0 Å². The Morgan fingerprint density at radius 2 is 2.00 bits per heavy atom. The Morgan fingerprint density at radius 3 is 2.62 bits per heavy atom. The van der Waals surface area contributed by atoms with Crippen molar-refractivity contribution in [3.63, 3.8) is 0 Å². The molecule has 2 rings (SSSR count). The topological polar surface area (TPSA) is 20.3 Å². The number of carbonyl (C=O) groups excluding carboxylic acids is 1. The number of likely N-dealkylation sites (tertiary alicyclic amines) is 1. The molecule has 0 radical (unpaired) electrons. The molecule has 0 aromatic carbocycles. The highest BCUT2D eigenvalue weighted by Gasteiger charge is 2.29. The molecule has 0 spiro atoms. The van der Waals surface area contributed by atoms with Crippen LogP contribution >= 0.6 is 15.9 Å². The molecule has 0 aromatic rings. The molecule has 2 nitrogen and oxygen atoms in total. The molecule has 1 unspecified atom stereocenters. The van der Waals surface area contributed by atoms with Crippen LogP contribution in [-0.2, 0) is 4.79 Å². The lowest BCUT2D eigenvalue weighted by molar-refractivity contribution is -0.136. The number of piperidine rings is 1. The molecule has 1 amide bonds. The smallest absolute Gasteiger partial charge is 0.223 e. The summed E-state index contributed by atoms with van der Waals surface area (Å²) in [6.45, 7) is 1.00. The zero-order chi connectivity index (χ0) is 11.4. The molecular formula is C13H22BrNO. The number of nitrogens with zero attached hydrogens (tertiary/aromatic N) is 1. The van der Waals surface area contributed by atoms with Gasteiger partial charge in [-0.25, -0.2) is 0 Å². The maximum absolute atomic E-state index is 12.2. The average Bonchev–Trinajstić information content (AvgIpc) is 2.24. The summed E-state index contributed by atoms with van der Waals surface area (Å²) in [6, 6.07) is 0.515. The van der Waals surface area contributed by atoms with Crippen LogP contribution in [0.15, 0.2) is 0 Å². The number of alkyl halides is 1. The van der Waals surface area contributed by atoms with Gasteiger partial charge in [-0.05, 0) is 44.4 Å². The van der Waals surface area contributed by atoms with Gasteiger partial charge in [0, 0.05) is 24.3 Å². The second kappa shape index (κ2) is 6.04. The van der Waals surface area contributed by atoms with Crippen LogP contribution in [0.3, 0.4) is 0 Å². The third-order valence-corrected chi connectivity index (χ3v) is 4.54. The van der Waals surface area contributed by atoms with E-state index in [4.69, 9.17) is 0 Å². The molecule has 1 aliphatic carbocycles. The fourth-order valence-electron chi connectivity index (χ4n) is 2.82. The van der Waals surface area contributed by atoms with Gasteiger partial charge in [0.1, 0.15) is 0 Å². The van der Waals surface area contributed by atoms with Gasteiger partial charge in [-0.1, -0.05) is 22.4 Å². The lowest BCUT2D eigenvalue weighted by Gasteiger charge is -2.37. The molecule has 0 bridgehead atoms. The molecule has 1 saturated heterocycles. The number of hydrogen-bond acceptors (Lipinski definition) is 1. The van der Waals surface area contributed by atoms with E-state index in [9.17, 15) is 4.79 Å². The maximum atomic E-state index is 12.2. The molecule has 2 aliphatic rings. The molecule has 92 valence electrons. The van der Waals surface area contributed by atoms with E-state index in [1.165, 1.54) is 38.5 Å². The minimum atomic E-state index is 0.426. The Hall–Kier alpha value is -0.0500. The number of halogens is 1. The number of amides is 1. The number of rotatable bonds is 4. The lowest BCUT2D eigenvalue weighted by atomic mass is 9.82. The fourth-order valence-corrected chi connectivity index (χ4v) is 3.34. The summed E-state index contributed by atoms with van der Waals surface area (Å²) < 4.78 is 0. The van der Waals surface area contributed by atoms with Crippen LogP contribution in [0.4, 0.5) is 0 Å². The zero-order valence-corrected chi connectivity index (χ0v) is 11.5. The first-order valence-corrected chi connectivity index (χ1v) is 7.79. The molecule has 0 N–H and O–H groups in total. The van der Waals surface area contributed by atoms with Crippen LogP contribution in [-0.4, -0.2) is 28.7 Å². The van der Waals surface area contributed by atoms with Crippen molar-refractivity contribution in [1.29, 1.82) is 0 Å². The monoisotopic (exact) mass is 287 g/mol. The SMILES string of the molecule is O=C(CC1CCC1)N1CCCCC1CCBr. The minimum Gasteiger partial charge on any atom is -0.340 e. The van der Waals surface area contributed by atoms with Crippen molar-refractivity contribution >= 4 is 21.8 Å². The Bertz CT molecular complexity index is 238. The Balaban J connectivity index is 1.85. The predicted octanol–water partition coefficient (Wildman–Crippen LogP) is 3.34. The van der Waals surface area contributed by atoms with Crippen LogP contribution in [0.5, 0.6) is 0 Å². The summed E-state index contributed by atoms with van der Waals surface area (Å²) in [6.07, 6.45) is 9.55. The predicted molar refractivity (Wildman–Crippen MR) is 69.7 cm³/mol. The van der Waals surface area contributed by atoms with E-state index in [1.54, 1.807) is 0 Å². The van der Waals surface area contributed by atoms with E-state index >= 15 is 0 Å². The molecular weight excluding hydrogens is 266 g/mol. The van der Waals surface area contributed by atoms with E-state index in [0.717, 1.165) is 24.7 Å². The van der Waals surface area contributed by atoms with Crippen molar-refractivity contribution < 1.29 is 4.79 Å². The van der Waals surface area contributed by atoms with E-state index in [2.05, 4.69) is 20.8 Å². The van der Waals surface area contributed by atoms with Crippen molar-refractivity contribution in [1.82, 2.24) is 4.90 Å². The summed E-state index contributed by atoms with van der Waals surface area (Å²) in [7, 11) is 0. The molecule has 1 heterocycles. The van der Waals surface area contributed by atoms with E-state index in [0.29, 0.717) is 17.9 Å². The van der Waals surface area contributed by atoms with Crippen LogP contribution in [0.2, 0.25) is 0 Å². The Kier molecular flexibility index (Phi) is 4.68. The normalized spacial score (nSPS) is 26.6. The summed E-state index contributed by atoms with van der Waals surface area (Å²) in [5, 5.41) is 1.02. The third-order valence-electron chi connectivity index (χ3n) is 4.08. The van der Waals surface area contributed by atoms with Gasteiger partial charge in [0.05, 0.1) is 0 Å². The summed E-state index contributed by atoms with van der Waals surface area (Å²) >= 11 is 3.50. The lowest BCUT2D eigenvalue weighted by Crippen LogP contribution is -2.44. The van der Waals surface area contributed by atoms with Gasteiger partial charge < -0.3 is 4.90 Å². The summed E-state index contributed by atoms with van der Waals surface area (Å²) in [5.41, 5.74) is 0. The van der Waals surface area contributed by atoms with Gasteiger partial charge in [-0.15, -0.1) is 0 Å². The van der Waals surface area contributed by atoms with Crippen molar-refractivity contribution in [3.05, 3.63) is 0 Å². The first-order chi connectivity index (χ1) is 7.81. The van der Waals surface area contributed by atoms with Crippen LogP contribution in [0.1, 0.15) is 51.4 Å². The summed E-state index contributed by atoms with van der Waals surface area (Å²) in [4.78, 5) is 14.4. The van der Waals surface area contributed by atoms with Gasteiger partial charge in [-0.3, -0.25) is 4.79 Å². The molecule has 0 aromatic heterocycles. The Labute approximate surface area is 107 Å². The van der Waals surface area contributed by atoms with Gasteiger partial charge in [0.2, 0.25) is 5.91 Å². The molecule has 3 heteroatoms. The largest absolute Gasteiger partial charge is 0.340 e. The van der Waals surface area contributed by atoms with Gasteiger partial charge in [0.25, 0.3) is 0 Å².